The molecule has 0 saturated heterocycles. The molecule has 0 spiro atoms. The Labute approximate surface area is 574 Å². The molecule has 506 valence electrons. The summed E-state index contributed by atoms with van der Waals surface area (Å²) in [5.41, 5.74) is 8.13. The summed E-state index contributed by atoms with van der Waals surface area (Å²) in [4.78, 5) is 0. The predicted octanol–water partition coefficient (Wildman–Crippen LogP) is 23.2. The zero-order chi connectivity index (χ0) is 66.4. The second kappa shape index (κ2) is 45.5. The molecule has 0 aliphatic heterocycles. The minimum Gasteiger partial charge on any atom is -0.494 e. The van der Waals surface area contributed by atoms with E-state index in [1.807, 2.05) is 121 Å². The summed E-state index contributed by atoms with van der Waals surface area (Å²) < 4.78 is 48.9. The van der Waals surface area contributed by atoms with Crippen LogP contribution in [-0.2, 0) is 0 Å². The van der Waals surface area contributed by atoms with Crippen molar-refractivity contribution in [2.75, 3.05) is 52.9 Å². The third-order valence-corrected chi connectivity index (χ3v) is 17.4. The topological polar surface area (TPSA) is 121 Å². The van der Waals surface area contributed by atoms with E-state index in [-0.39, 0.29) is 0 Å². The van der Waals surface area contributed by atoms with E-state index >= 15 is 0 Å². The van der Waals surface area contributed by atoms with Crippen molar-refractivity contribution in [3.8, 4) is 91.5 Å². The molecule has 0 radical (unpaired) electrons. The van der Waals surface area contributed by atoms with Crippen LogP contribution in [0.25, 0.3) is 33.4 Å². The van der Waals surface area contributed by atoms with Crippen molar-refractivity contribution in [1.82, 2.24) is 0 Å². The highest BCUT2D eigenvalue weighted by Crippen LogP contribution is 2.31. The molecule has 0 atom stereocenters. The maximum absolute atomic E-state index is 9.04. The Balaban J connectivity index is 0.540. The third-order valence-electron chi connectivity index (χ3n) is 17.4. The lowest BCUT2D eigenvalue weighted by Crippen LogP contribution is -2.02. The van der Waals surface area contributed by atoms with Gasteiger partial charge in [0.25, 0.3) is 0 Å². The molecule has 0 amide bonds. The molecule has 0 fully saturated rings. The lowest BCUT2D eigenvalue weighted by molar-refractivity contribution is 0.258. The highest BCUT2D eigenvalue weighted by molar-refractivity contribution is 5.67. The van der Waals surface area contributed by atoms with Gasteiger partial charge < -0.3 is 37.9 Å². The van der Waals surface area contributed by atoms with Crippen molar-refractivity contribution in [3.63, 3.8) is 0 Å². The van der Waals surface area contributed by atoms with Gasteiger partial charge in [-0.3, -0.25) is 0 Å². The van der Waals surface area contributed by atoms with E-state index in [2.05, 4.69) is 84.9 Å². The van der Waals surface area contributed by atoms with E-state index in [0.29, 0.717) is 37.6 Å². The number of nitriles is 2. The molecule has 0 saturated carbocycles. The summed E-state index contributed by atoms with van der Waals surface area (Å²) in [6, 6.07) is 69.1. The Morgan fingerprint density at radius 3 is 0.510 bits per heavy atom. The van der Waals surface area contributed by atoms with Crippen LogP contribution in [-0.4, -0.2) is 52.9 Å². The lowest BCUT2D eigenvalue weighted by Gasteiger charge is -2.12. The van der Waals surface area contributed by atoms with Gasteiger partial charge in [-0.15, -0.1) is 0 Å². The van der Waals surface area contributed by atoms with Crippen LogP contribution in [0.3, 0.4) is 0 Å². The first-order chi connectivity index (χ1) is 47.6. The van der Waals surface area contributed by atoms with E-state index in [1.165, 1.54) is 140 Å². The second-order valence-electron chi connectivity index (χ2n) is 25.1. The van der Waals surface area contributed by atoms with E-state index in [4.69, 9.17) is 48.4 Å². The van der Waals surface area contributed by atoms with E-state index in [9.17, 15) is 0 Å². The molecule has 10 nitrogen and oxygen atoms in total. The second-order valence-corrected chi connectivity index (χ2v) is 25.1. The molecule has 0 bridgehead atoms. The lowest BCUT2D eigenvalue weighted by atomic mass is 10.0. The Morgan fingerprint density at radius 1 is 0.177 bits per heavy atom. The Kier molecular flexibility index (Phi) is 34.6. The number of rotatable bonds is 51. The number of benzene rings is 8. The number of hydrogen-bond donors (Lipinski definition) is 0. The molecule has 0 aromatic heterocycles. The first-order valence-corrected chi connectivity index (χ1v) is 36.2. The van der Waals surface area contributed by atoms with Crippen LogP contribution >= 0.6 is 0 Å². The van der Waals surface area contributed by atoms with Crippen molar-refractivity contribution in [1.29, 1.82) is 10.5 Å². The van der Waals surface area contributed by atoms with Gasteiger partial charge in [0.1, 0.15) is 23.0 Å². The van der Waals surface area contributed by atoms with Gasteiger partial charge in [-0.1, -0.05) is 225 Å². The number of ether oxygens (including phenoxy) is 8. The van der Waals surface area contributed by atoms with Crippen LogP contribution < -0.4 is 37.9 Å². The maximum atomic E-state index is 9.04. The van der Waals surface area contributed by atoms with Gasteiger partial charge in [0, 0.05) is 0 Å². The SMILES string of the molecule is N#Cc1ccc(-c2ccc(OCCCCCCCCCOc3ccccc3OCCCCCCCCCOc3ccc(-c4ccc(OCCCCCCCCCOc5ccccc5OCCCCCCCCCOc5ccc(-c6ccc(C#N)cc6)cc5)cc4)cc3)cc2)cc1. The maximum Gasteiger partial charge on any atom is 0.161 e. The molecule has 96 heavy (non-hydrogen) atoms. The summed E-state index contributed by atoms with van der Waals surface area (Å²) >= 11 is 0. The Morgan fingerprint density at radius 2 is 0.333 bits per heavy atom. The van der Waals surface area contributed by atoms with Crippen molar-refractivity contribution in [3.05, 3.63) is 205 Å². The van der Waals surface area contributed by atoms with Crippen LogP contribution in [0.1, 0.15) is 191 Å². The Bertz CT molecular complexity index is 3180. The monoisotopic (exact) mass is 1290 g/mol. The third kappa shape index (κ3) is 28.6. The van der Waals surface area contributed by atoms with Gasteiger partial charge in [0.05, 0.1) is 76.1 Å². The van der Waals surface area contributed by atoms with E-state index in [0.717, 1.165) is 146 Å². The summed E-state index contributed by atoms with van der Waals surface area (Å²) in [5.74, 6) is 7.04. The fourth-order valence-electron chi connectivity index (χ4n) is 11.7. The highest BCUT2D eigenvalue weighted by Gasteiger charge is 2.09. The molecule has 8 aromatic rings. The number of nitrogens with zero attached hydrogens (tertiary/aromatic N) is 2. The van der Waals surface area contributed by atoms with Crippen molar-refractivity contribution >= 4 is 0 Å². The van der Waals surface area contributed by atoms with E-state index < -0.39 is 0 Å². The standard InChI is InChI=1S/C86H104N2O8/c87-69-71-37-41-73(42-38-71)75-45-53-79(54-46-75)89-61-25-13-5-1-9-17-29-65-93-83-33-21-23-35-85(83)95-67-31-19-11-3-7-15-27-63-91-81-57-49-77(50-58-81)78-51-59-82(60-52-78)92-64-28-16-8-4-12-20-32-68-96-86-36-24-22-34-84(86)94-66-30-18-10-2-6-14-26-62-90-80-55-47-76(48-56-80)74-43-39-72(70-88)40-44-74/h21-24,33-60H,1-20,25-32,61-68H2. The van der Waals surface area contributed by atoms with Crippen molar-refractivity contribution in [2.45, 2.75) is 180 Å². The van der Waals surface area contributed by atoms with Gasteiger partial charge in [-0.05, 0) is 182 Å². The fourth-order valence-corrected chi connectivity index (χ4v) is 11.7. The molecule has 0 aliphatic carbocycles. The molecular weight excluding hydrogens is 1190 g/mol. The van der Waals surface area contributed by atoms with Gasteiger partial charge in [0.15, 0.2) is 23.0 Å². The van der Waals surface area contributed by atoms with Crippen LogP contribution in [0.4, 0.5) is 0 Å². The zero-order valence-corrected chi connectivity index (χ0v) is 57.1. The first kappa shape index (κ1) is 73.0. The summed E-state index contributed by atoms with van der Waals surface area (Å²) in [7, 11) is 0. The largest absolute Gasteiger partial charge is 0.494 e. The summed E-state index contributed by atoms with van der Waals surface area (Å²) in [5, 5.41) is 18.1. The number of hydrogen-bond acceptors (Lipinski definition) is 10. The van der Waals surface area contributed by atoms with Gasteiger partial charge in [-0.2, -0.15) is 10.5 Å². The summed E-state index contributed by atoms with van der Waals surface area (Å²) in [6.45, 7) is 5.82. The zero-order valence-electron chi connectivity index (χ0n) is 57.1. The average Bonchev–Trinajstić information content (AvgIpc) is 1.48. The molecule has 0 unspecified atom stereocenters. The van der Waals surface area contributed by atoms with Crippen LogP contribution in [0, 0.1) is 22.7 Å². The molecule has 0 heterocycles. The van der Waals surface area contributed by atoms with Crippen LogP contribution in [0.2, 0.25) is 0 Å². The highest BCUT2D eigenvalue weighted by atomic mass is 16.5. The smallest absolute Gasteiger partial charge is 0.161 e. The minimum atomic E-state index is 0.673. The molecule has 8 aromatic carbocycles. The fraction of sp³-hybridized carbons (Fsp3) is 0.419. The quantitative estimate of drug-likeness (QED) is 0.0341. The number of unbranched alkanes of at least 4 members (excludes halogenated alkanes) is 24. The van der Waals surface area contributed by atoms with Crippen LogP contribution in [0.15, 0.2) is 194 Å². The number of para-hydroxylation sites is 4. The minimum absolute atomic E-state index is 0.673. The average molecular weight is 1290 g/mol. The Hall–Kier alpha value is -8.86. The molecule has 0 aliphatic rings. The van der Waals surface area contributed by atoms with Gasteiger partial charge >= 0.3 is 0 Å². The molecule has 8 rings (SSSR count). The molecule has 10 heteroatoms. The van der Waals surface area contributed by atoms with E-state index in [1.54, 1.807) is 0 Å². The first-order valence-electron chi connectivity index (χ1n) is 36.2. The molecular formula is C86H104N2O8. The van der Waals surface area contributed by atoms with Crippen molar-refractivity contribution in [2.24, 2.45) is 0 Å². The van der Waals surface area contributed by atoms with Gasteiger partial charge in [-0.25, -0.2) is 0 Å². The van der Waals surface area contributed by atoms with Crippen molar-refractivity contribution < 1.29 is 37.9 Å². The van der Waals surface area contributed by atoms with Crippen LogP contribution in [0.5, 0.6) is 46.0 Å². The normalized spacial score (nSPS) is 10.9. The molecule has 0 N–H and O–H groups in total. The predicted molar refractivity (Wildman–Crippen MR) is 391 cm³/mol. The summed E-state index contributed by atoms with van der Waals surface area (Å²) in [6.07, 6.45) is 32.6. The van der Waals surface area contributed by atoms with Gasteiger partial charge in [0.2, 0.25) is 0 Å².